The Bertz CT molecular complexity index is 311. The monoisotopic (exact) mass is 236 g/mol. The van der Waals surface area contributed by atoms with Gasteiger partial charge < -0.3 is 10.1 Å². The van der Waals surface area contributed by atoms with E-state index in [0.717, 1.165) is 0 Å². The second-order valence-corrected chi connectivity index (χ2v) is 5.35. The van der Waals surface area contributed by atoms with Crippen LogP contribution in [-0.4, -0.2) is 46.4 Å². The predicted molar refractivity (Wildman–Crippen MR) is 54.8 cm³/mol. The summed E-state index contributed by atoms with van der Waals surface area (Å²) in [5.41, 5.74) is 0. The van der Waals surface area contributed by atoms with Crippen molar-refractivity contribution in [1.29, 1.82) is 0 Å². The van der Waals surface area contributed by atoms with Crippen LogP contribution in [0.4, 0.5) is 0 Å². The summed E-state index contributed by atoms with van der Waals surface area (Å²) in [5, 5.41) is 2.97. The SMILES string of the molecule is COC(=O)CCCS(=O)(=O)NC1CNC1. The first-order valence-corrected chi connectivity index (χ1v) is 6.46. The van der Waals surface area contributed by atoms with Crippen molar-refractivity contribution in [2.45, 2.75) is 18.9 Å². The van der Waals surface area contributed by atoms with Crippen molar-refractivity contribution in [3.8, 4) is 0 Å². The fourth-order valence-electron chi connectivity index (χ4n) is 1.19. The number of hydrogen-bond acceptors (Lipinski definition) is 5. The summed E-state index contributed by atoms with van der Waals surface area (Å²) in [6.45, 7) is 1.35. The molecule has 0 spiro atoms. The minimum Gasteiger partial charge on any atom is -0.469 e. The Morgan fingerprint density at radius 2 is 2.20 bits per heavy atom. The first-order valence-electron chi connectivity index (χ1n) is 4.81. The van der Waals surface area contributed by atoms with Crippen LogP contribution in [0.2, 0.25) is 0 Å². The van der Waals surface area contributed by atoms with Gasteiger partial charge in [-0.1, -0.05) is 0 Å². The summed E-state index contributed by atoms with van der Waals surface area (Å²) >= 11 is 0. The number of hydrogen-bond donors (Lipinski definition) is 2. The Labute approximate surface area is 89.4 Å². The van der Waals surface area contributed by atoms with Crippen molar-refractivity contribution in [3.63, 3.8) is 0 Å². The molecule has 0 bridgehead atoms. The van der Waals surface area contributed by atoms with Crippen LogP contribution in [-0.2, 0) is 19.6 Å². The third-order valence-corrected chi connectivity index (χ3v) is 3.67. The highest BCUT2D eigenvalue weighted by atomic mass is 32.2. The molecule has 1 fully saturated rings. The molecule has 0 aromatic rings. The summed E-state index contributed by atoms with van der Waals surface area (Å²) in [5.74, 6) is -0.408. The van der Waals surface area contributed by atoms with E-state index in [4.69, 9.17) is 0 Å². The van der Waals surface area contributed by atoms with Gasteiger partial charge in [0.1, 0.15) is 0 Å². The molecule has 88 valence electrons. The van der Waals surface area contributed by atoms with Crippen molar-refractivity contribution in [2.24, 2.45) is 0 Å². The van der Waals surface area contributed by atoms with Gasteiger partial charge >= 0.3 is 5.97 Å². The first kappa shape index (κ1) is 12.4. The zero-order valence-electron chi connectivity index (χ0n) is 8.65. The van der Waals surface area contributed by atoms with Gasteiger partial charge in [0.15, 0.2) is 0 Å². The van der Waals surface area contributed by atoms with E-state index in [1.165, 1.54) is 7.11 Å². The number of carbonyl (C=O) groups excluding carboxylic acids is 1. The van der Waals surface area contributed by atoms with Crippen molar-refractivity contribution in [3.05, 3.63) is 0 Å². The van der Waals surface area contributed by atoms with Gasteiger partial charge in [0.05, 0.1) is 12.9 Å². The van der Waals surface area contributed by atoms with Gasteiger partial charge in [0.25, 0.3) is 0 Å². The number of carbonyl (C=O) groups is 1. The lowest BCUT2D eigenvalue weighted by molar-refractivity contribution is -0.140. The number of ether oxygens (including phenoxy) is 1. The molecule has 1 heterocycles. The molecule has 6 nitrogen and oxygen atoms in total. The molecule has 0 saturated carbocycles. The largest absolute Gasteiger partial charge is 0.469 e. The summed E-state index contributed by atoms with van der Waals surface area (Å²) < 4.78 is 29.8. The van der Waals surface area contributed by atoms with Crippen LogP contribution < -0.4 is 10.0 Å². The van der Waals surface area contributed by atoms with Gasteiger partial charge in [0.2, 0.25) is 10.0 Å². The molecular formula is C8H16N2O4S. The van der Waals surface area contributed by atoms with Gasteiger partial charge in [-0.2, -0.15) is 0 Å². The quantitative estimate of drug-likeness (QED) is 0.568. The lowest BCUT2D eigenvalue weighted by Crippen LogP contribution is -2.57. The van der Waals surface area contributed by atoms with Crippen LogP contribution >= 0.6 is 0 Å². The lowest BCUT2D eigenvalue weighted by Gasteiger charge is -2.27. The molecule has 2 N–H and O–H groups in total. The Kier molecular flexibility index (Phi) is 4.49. The zero-order chi connectivity index (χ0) is 11.3. The maximum Gasteiger partial charge on any atom is 0.305 e. The first-order chi connectivity index (χ1) is 7.03. The second kappa shape index (κ2) is 5.43. The predicted octanol–water partition coefficient (Wildman–Crippen LogP) is -1.17. The Morgan fingerprint density at radius 1 is 1.53 bits per heavy atom. The minimum atomic E-state index is -3.24. The van der Waals surface area contributed by atoms with Crippen molar-refractivity contribution in [2.75, 3.05) is 26.0 Å². The Hall–Kier alpha value is -0.660. The lowest BCUT2D eigenvalue weighted by atomic mass is 10.2. The topological polar surface area (TPSA) is 84.5 Å². The molecule has 7 heteroatoms. The van der Waals surface area contributed by atoms with E-state index in [0.29, 0.717) is 19.5 Å². The van der Waals surface area contributed by atoms with Crippen LogP contribution in [0.25, 0.3) is 0 Å². The smallest absolute Gasteiger partial charge is 0.305 e. The Morgan fingerprint density at radius 3 is 2.67 bits per heavy atom. The molecule has 1 aliphatic rings. The van der Waals surface area contributed by atoms with Gasteiger partial charge in [-0.25, -0.2) is 13.1 Å². The van der Waals surface area contributed by atoms with Gasteiger partial charge in [-0.15, -0.1) is 0 Å². The van der Waals surface area contributed by atoms with E-state index in [-0.39, 0.29) is 24.2 Å². The van der Waals surface area contributed by atoms with E-state index in [9.17, 15) is 13.2 Å². The molecule has 15 heavy (non-hydrogen) atoms. The van der Waals surface area contributed by atoms with Crippen molar-refractivity contribution < 1.29 is 17.9 Å². The number of sulfonamides is 1. The van der Waals surface area contributed by atoms with E-state index in [1.54, 1.807) is 0 Å². The fourth-order valence-corrected chi connectivity index (χ4v) is 2.51. The summed E-state index contributed by atoms with van der Waals surface area (Å²) in [6.07, 6.45) is 0.433. The normalized spacial score (nSPS) is 17.1. The molecule has 1 aliphatic heterocycles. The average molecular weight is 236 g/mol. The molecule has 0 aromatic heterocycles. The van der Waals surface area contributed by atoms with Crippen LogP contribution in [0.1, 0.15) is 12.8 Å². The standard InChI is InChI=1S/C8H16N2O4S/c1-14-8(11)3-2-4-15(12,13)10-7-5-9-6-7/h7,9-10H,2-6H2,1H3. The molecule has 0 unspecified atom stereocenters. The number of esters is 1. The molecule has 0 amide bonds. The Balaban J connectivity index is 2.20. The summed E-state index contributed by atoms with van der Waals surface area (Å²) in [7, 11) is -1.96. The molecular weight excluding hydrogens is 220 g/mol. The molecule has 1 rings (SSSR count). The highest BCUT2D eigenvalue weighted by molar-refractivity contribution is 7.89. The molecule has 1 saturated heterocycles. The number of nitrogens with one attached hydrogen (secondary N) is 2. The van der Waals surface area contributed by atoms with Crippen LogP contribution in [0, 0.1) is 0 Å². The van der Waals surface area contributed by atoms with E-state index < -0.39 is 10.0 Å². The summed E-state index contributed by atoms with van der Waals surface area (Å²) in [6, 6.07) is 0.00752. The van der Waals surface area contributed by atoms with E-state index >= 15 is 0 Å². The zero-order valence-corrected chi connectivity index (χ0v) is 9.47. The minimum absolute atomic E-state index is 0.00752. The maximum absolute atomic E-state index is 11.4. The maximum atomic E-state index is 11.4. The highest BCUT2D eigenvalue weighted by Crippen LogP contribution is 2.00. The average Bonchev–Trinajstić information content (AvgIpc) is 2.11. The fraction of sp³-hybridized carbons (Fsp3) is 0.875. The molecule has 0 radical (unpaired) electrons. The van der Waals surface area contributed by atoms with Gasteiger partial charge in [0, 0.05) is 25.6 Å². The molecule has 0 atom stereocenters. The molecule has 0 aliphatic carbocycles. The number of methoxy groups -OCH3 is 1. The van der Waals surface area contributed by atoms with E-state index in [2.05, 4.69) is 14.8 Å². The molecule has 0 aromatic carbocycles. The third kappa shape index (κ3) is 4.59. The van der Waals surface area contributed by atoms with E-state index in [1.807, 2.05) is 0 Å². The van der Waals surface area contributed by atoms with Gasteiger partial charge in [-0.3, -0.25) is 4.79 Å². The second-order valence-electron chi connectivity index (χ2n) is 3.47. The highest BCUT2D eigenvalue weighted by Gasteiger charge is 2.22. The van der Waals surface area contributed by atoms with Crippen molar-refractivity contribution >= 4 is 16.0 Å². The number of rotatable bonds is 6. The van der Waals surface area contributed by atoms with Crippen molar-refractivity contribution in [1.82, 2.24) is 10.0 Å². The van der Waals surface area contributed by atoms with Gasteiger partial charge in [-0.05, 0) is 6.42 Å². The van der Waals surface area contributed by atoms with Crippen LogP contribution in [0.3, 0.4) is 0 Å². The third-order valence-electron chi connectivity index (χ3n) is 2.15. The van der Waals surface area contributed by atoms with Crippen LogP contribution in [0.5, 0.6) is 0 Å². The summed E-state index contributed by atoms with van der Waals surface area (Å²) in [4.78, 5) is 10.7. The van der Waals surface area contributed by atoms with Crippen LogP contribution in [0.15, 0.2) is 0 Å².